The maximum Gasteiger partial charge on any atom is 0.231 e. The minimum absolute atomic E-state index is 0.195. The minimum atomic E-state index is -0.348. The topological polar surface area (TPSA) is 85.2 Å². The zero-order valence-corrected chi connectivity index (χ0v) is 12.1. The SMILES string of the molecule is Cc1cccnc1CN(CC(N)=O)Cc1ccc(N)cc1. The number of primary amides is 1. The number of rotatable bonds is 6. The van der Waals surface area contributed by atoms with Gasteiger partial charge in [-0.15, -0.1) is 0 Å². The fraction of sp³-hybridized carbons (Fsp3) is 0.250. The molecule has 1 aromatic carbocycles. The van der Waals surface area contributed by atoms with Gasteiger partial charge < -0.3 is 11.5 Å². The first-order chi connectivity index (χ1) is 10.0. The Morgan fingerprint density at radius 1 is 1.19 bits per heavy atom. The number of hydrogen-bond donors (Lipinski definition) is 2. The summed E-state index contributed by atoms with van der Waals surface area (Å²) in [5, 5.41) is 0. The third-order valence-corrected chi connectivity index (χ3v) is 3.26. The summed E-state index contributed by atoms with van der Waals surface area (Å²) in [5.74, 6) is -0.348. The summed E-state index contributed by atoms with van der Waals surface area (Å²) in [4.78, 5) is 17.6. The second-order valence-corrected chi connectivity index (χ2v) is 5.12. The van der Waals surface area contributed by atoms with E-state index in [-0.39, 0.29) is 12.5 Å². The van der Waals surface area contributed by atoms with Gasteiger partial charge in [-0.2, -0.15) is 0 Å². The molecule has 1 amide bonds. The minimum Gasteiger partial charge on any atom is -0.399 e. The molecule has 0 saturated carbocycles. The molecule has 1 heterocycles. The van der Waals surface area contributed by atoms with Crippen molar-refractivity contribution in [3.8, 4) is 0 Å². The third-order valence-electron chi connectivity index (χ3n) is 3.26. The number of hydrogen-bond acceptors (Lipinski definition) is 4. The van der Waals surface area contributed by atoms with Crippen LogP contribution in [0.5, 0.6) is 0 Å². The Balaban J connectivity index is 2.12. The van der Waals surface area contributed by atoms with Gasteiger partial charge in [-0.3, -0.25) is 14.7 Å². The molecule has 0 aliphatic carbocycles. The molecule has 0 aliphatic rings. The molecule has 4 N–H and O–H groups in total. The van der Waals surface area contributed by atoms with Crippen molar-refractivity contribution < 1.29 is 4.79 Å². The molecule has 0 bridgehead atoms. The van der Waals surface area contributed by atoms with Crippen molar-refractivity contribution in [2.24, 2.45) is 5.73 Å². The normalized spacial score (nSPS) is 10.8. The van der Waals surface area contributed by atoms with Crippen LogP contribution in [-0.4, -0.2) is 22.3 Å². The van der Waals surface area contributed by atoms with E-state index in [0.29, 0.717) is 13.1 Å². The van der Waals surface area contributed by atoms with E-state index in [0.717, 1.165) is 22.5 Å². The van der Waals surface area contributed by atoms with Gasteiger partial charge in [0.05, 0.1) is 12.2 Å². The molecule has 21 heavy (non-hydrogen) atoms. The maximum atomic E-state index is 11.3. The summed E-state index contributed by atoms with van der Waals surface area (Å²) < 4.78 is 0. The number of pyridine rings is 1. The number of anilines is 1. The Labute approximate surface area is 124 Å². The van der Waals surface area contributed by atoms with Crippen molar-refractivity contribution in [2.75, 3.05) is 12.3 Å². The van der Waals surface area contributed by atoms with Crippen LogP contribution in [0.3, 0.4) is 0 Å². The van der Waals surface area contributed by atoms with Gasteiger partial charge in [0.1, 0.15) is 0 Å². The number of nitrogen functional groups attached to an aromatic ring is 1. The highest BCUT2D eigenvalue weighted by Crippen LogP contribution is 2.12. The first-order valence-corrected chi connectivity index (χ1v) is 6.80. The largest absolute Gasteiger partial charge is 0.399 e. The van der Waals surface area contributed by atoms with E-state index in [2.05, 4.69) is 4.98 Å². The van der Waals surface area contributed by atoms with Gasteiger partial charge >= 0.3 is 0 Å². The Kier molecular flexibility index (Phi) is 4.90. The van der Waals surface area contributed by atoms with Crippen LogP contribution in [0, 0.1) is 6.92 Å². The highest BCUT2D eigenvalue weighted by molar-refractivity contribution is 5.75. The lowest BCUT2D eigenvalue weighted by molar-refractivity contribution is -0.119. The smallest absolute Gasteiger partial charge is 0.231 e. The van der Waals surface area contributed by atoms with Gasteiger partial charge in [0.15, 0.2) is 0 Å². The molecule has 110 valence electrons. The molecule has 0 atom stereocenters. The molecule has 0 spiro atoms. The van der Waals surface area contributed by atoms with Crippen molar-refractivity contribution in [2.45, 2.75) is 20.0 Å². The lowest BCUT2D eigenvalue weighted by atomic mass is 10.1. The summed E-state index contributed by atoms with van der Waals surface area (Å²) in [6.07, 6.45) is 1.76. The van der Waals surface area contributed by atoms with Gasteiger partial charge in [-0.1, -0.05) is 18.2 Å². The Hall–Kier alpha value is -2.40. The first-order valence-electron chi connectivity index (χ1n) is 6.80. The van der Waals surface area contributed by atoms with Gasteiger partial charge in [-0.25, -0.2) is 0 Å². The van der Waals surface area contributed by atoms with Crippen LogP contribution in [0.4, 0.5) is 5.69 Å². The summed E-state index contributed by atoms with van der Waals surface area (Å²) in [7, 11) is 0. The van der Waals surface area contributed by atoms with Crippen LogP contribution in [0.15, 0.2) is 42.6 Å². The molecule has 2 rings (SSSR count). The second kappa shape index (κ2) is 6.85. The van der Waals surface area contributed by atoms with Crippen LogP contribution in [0.25, 0.3) is 0 Å². The number of nitrogens with two attached hydrogens (primary N) is 2. The number of amides is 1. The van der Waals surface area contributed by atoms with Crippen molar-refractivity contribution in [3.63, 3.8) is 0 Å². The molecule has 0 aliphatic heterocycles. The second-order valence-electron chi connectivity index (χ2n) is 5.12. The molecule has 0 radical (unpaired) electrons. The van der Waals surface area contributed by atoms with Gasteiger partial charge in [-0.05, 0) is 36.2 Å². The highest BCUT2D eigenvalue weighted by Gasteiger charge is 2.12. The molecule has 5 nitrogen and oxygen atoms in total. The van der Waals surface area contributed by atoms with Gasteiger partial charge in [0.2, 0.25) is 5.91 Å². The van der Waals surface area contributed by atoms with E-state index in [1.165, 1.54) is 0 Å². The molecule has 0 fully saturated rings. The highest BCUT2D eigenvalue weighted by atomic mass is 16.1. The lowest BCUT2D eigenvalue weighted by Crippen LogP contribution is -2.33. The van der Waals surface area contributed by atoms with Crippen molar-refractivity contribution in [1.82, 2.24) is 9.88 Å². The van der Waals surface area contributed by atoms with Gasteiger partial charge in [0.25, 0.3) is 0 Å². The number of carbonyl (C=O) groups is 1. The number of nitrogens with zero attached hydrogens (tertiary/aromatic N) is 2. The molecular weight excluding hydrogens is 264 g/mol. The van der Waals surface area contributed by atoms with E-state index < -0.39 is 0 Å². The van der Waals surface area contributed by atoms with Crippen molar-refractivity contribution >= 4 is 11.6 Å². The van der Waals surface area contributed by atoms with E-state index in [9.17, 15) is 4.79 Å². The molecule has 5 heteroatoms. The first kappa shape index (κ1) is 15.0. The Bertz CT molecular complexity index is 610. The third kappa shape index (κ3) is 4.57. The number of carbonyl (C=O) groups excluding carboxylic acids is 1. The van der Waals surface area contributed by atoms with Crippen LogP contribution in [0.1, 0.15) is 16.8 Å². The van der Waals surface area contributed by atoms with E-state index in [4.69, 9.17) is 11.5 Å². The summed E-state index contributed by atoms with van der Waals surface area (Å²) in [5.41, 5.74) is 14.9. The zero-order chi connectivity index (χ0) is 15.2. The van der Waals surface area contributed by atoms with E-state index >= 15 is 0 Å². The maximum absolute atomic E-state index is 11.3. The Morgan fingerprint density at radius 2 is 1.90 bits per heavy atom. The summed E-state index contributed by atoms with van der Waals surface area (Å²) in [6.45, 7) is 3.41. The lowest BCUT2D eigenvalue weighted by Gasteiger charge is -2.21. The van der Waals surface area contributed by atoms with Crippen molar-refractivity contribution in [1.29, 1.82) is 0 Å². The molecule has 2 aromatic rings. The van der Waals surface area contributed by atoms with E-state index in [1.807, 2.05) is 48.2 Å². The molecule has 0 unspecified atom stereocenters. The average molecular weight is 284 g/mol. The predicted molar refractivity (Wildman–Crippen MR) is 83.1 cm³/mol. The number of aromatic nitrogens is 1. The standard InChI is InChI=1S/C16H20N4O/c1-12-3-2-8-19-15(12)10-20(11-16(18)21)9-13-4-6-14(17)7-5-13/h2-8H,9-11,17H2,1H3,(H2,18,21). The summed E-state index contributed by atoms with van der Waals surface area (Å²) >= 11 is 0. The van der Waals surface area contributed by atoms with Crippen LogP contribution >= 0.6 is 0 Å². The predicted octanol–water partition coefficient (Wildman–Crippen LogP) is 1.46. The van der Waals surface area contributed by atoms with Gasteiger partial charge in [0, 0.05) is 25.0 Å². The van der Waals surface area contributed by atoms with Crippen LogP contribution < -0.4 is 11.5 Å². The molecule has 1 aromatic heterocycles. The fourth-order valence-electron chi connectivity index (χ4n) is 2.17. The van der Waals surface area contributed by atoms with Crippen LogP contribution in [-0.2, 0) is 17.9 Å². The quantitative estimate of drug-likeness (QED) is 0.786. The monoisotopic (exact) mass is 284 g/mol. The number of benzene rings is 1. The van der Waals surface area contributed by atoms with Crippen molar-refractivity contribution in [3.05, 3.63) is 59.4 Å². The fourth-order valence-corrected chi connectivity index (χ4v) is 2.17. The van der Waals surface area contributed by atoms with Crippen LogP contribution in [0.2, 0.25) is 0 Å². The number of aryl methyl sites for hydroxylation is 1. The molecule has 0 saturated heterocycles. The average Bonchev–Trinajstić information content (AvgIpc) is 2.43. The molecular formula is C16H20N4O. The Morgan fingerprint density at radius 3 is 2.52 bits per heavy atom. The zero-order valence-electron chi connectivity index (χ0n) is 12.1. The summed E-state index contributed by atoms with van der Waals surface area (Å²) in [6, 6.07) is 11.5. The van der Waals surface area contributed by atoms with E-state index in [1.54, 1.807) is 6.20 Å².